The van der Waals surface area contributed by atoms with Gasteiger partial charge in [-0.05, 0) is 17.5 Å². The Morgan fingerprint density at radius 2 is 1.89 bits per heavy atom. The van der Waals surface area contributed by atoms with Crippen LogP contribution in [-0.2, 0) is 9.47 Å². The van der Waals surface area contributed by atoms with Crippen LogP contribution in [0, 0.1) is 0 Å². The number of ether oxygens (including phenoxy) is 2. The van der Waals surface area contributed by atoms with Crippen LogP contribution >= 0.6 is 15.9 Å². The van der Waals surface area contributed by atoms with Crippen LogP contribution in [0.3, 0.4) is 0 Å². The molecule has 0 radical (unpaired) electrons. The molecule has 0 amide bonds. The SMILES string of the molecule is COC(OC)C(C)=CBr. The van der Waals surface area contributed by atoms with E-state index >= 15 is 0 Å². The Bertz CT molecular complexity index is 97.2. The van der Waals surface area contributed by atoms with E-state index in [0.29, 0.717) is 0 Å². The first-order chi connectivity index (χ1) is 4.26. The lowest BCUT2D eigenvalue weighted by molar-refractivity contribution is -0.0745. The van der Waals surface area contributed by atoms with E-state index in [4.69, 9.17) is 9.47 Å². The molecular formula is C6H11BrO2. The summed E-state index contributed by atoms with van der Waals surface area (Å²) in [4.78, 5) is 1.78. The van der Waals surface area contributed by atoms with Gasteiger partial charge in [0.25, 0.3) is 0 Å². The quantitative estimate of drug-likeness (QED) is 0.640. The normalized spacial score (nSPS) is 12.8. The van der Waals surface area contributed by atoms with Crippen LogP contribution in [0.15, 0.2) is 10.6 Å². The van der Waals surface area contributed by atoms with Gasteiger partial charge in [-0.2, -0.15) is 0 Å². The van der Waals surface area contributed by atoms with Crippen LogP contribution in [-0.4, -0.2) is 20.5 Å². The van der Waals surface area contributed by atoms with Crippen molar-refractivity contribution in [2.45, 2.75) is 13.2 Å². The largest absolute Gasteiger partial charge is 0.352 e. The molecule has 0 bridgehead atoms. The Hall–Kier alpha value is 0.140. The summed E-state index contributed by atoms with van der Waals surface area (Å²) in [7, 11) is 3.21. The molecule has 0 atom stereocenters. The van der Waals surface area contributed by atoms with Crippen molar-refractivity contribution in [3.8, 4) is 0 Å². The monoisotopic (exact) mass is 194 g/mol. The van der Waals surface area contributed by atoms with Gasteiger partial charge in [-0.1, -0.05) is 15.9 Å². The van der Waals surface area contributed by atoms with Gasteiger partial charge in [0.1, 0.15) is 0 Å². The van der Waals surface area contributed by atoms with E-state index in [1.807, 2.05) is 6.92 Å². The highest BCUT2D eigenvalue weighted by molar-refractivity contribution is 9.11. The summed E-state index contributed by atoms with van der Waals surface area (Å²) in [6, 6.07) is 0. The zero-order chi connectivity index (χ0) is 7.28. The fourth-order valence-corrected chi connectivity index (χ4v) is 0.735. The standard InChI is InChI=1S/C6H11BrO2/c1-5(4-7)6(8-2)9-3/h4,6H,1-3H3. The van der Waals surface area contributed by atoms with Crippen molar-refractivity contribution in [3.63, 3.8) is 0 Å². The Kier molecular flexibility index (Phi) is 5.04. The molecule has 0 saturated carbocycles. The van der Waals surface area contributed by atoms with Crippen LogP contribution in [0.5, 0.6) is 0 Å². The van der Waals surface area contributed by atoms with E-state index in [2.05, 4.69) is 15.9 Å². The lowest BCUT2D eigenvalue weighted by Crippen LogP contribution is -2.13. The van der Waals surface area contributed by atoms with Crippen LogP contribution in [0.4, 0.5) is 0 Å². The fourth-order valence-electron chi connectivity index (χ4n) is 0.519. The summed E-state index contributed by atoms with van der Waals surface area (Å²) in [5.41, 5.74) is 1.01. The molecule has 0 spiro atoms. The molecular weight excluding hydrogens is 184 g/mol. The molecule has 0 aromatic heterocycles. The van der Waals surface area contributed by atoms with Crippen LogP contribution in [0.2, 0.25) is 0 Å². The molecule has 0 aliphatic heterocycles. The van der Waals surface area contributed by atoms with Gasteiger partial charge in [-0.15, -0.1) is 0 Å². The van der Waals surface area contributed by atoms with E-state index in [9.17, 15) is 0 Å². The Labute approximate surface area is 64.0 Å². The number of rotatable bonds is 3. The van der Waals surface area contributed by atoms with E-state index in [0.717, 1.165) is 5.57 Å². The summed E-state index contributed by atoms with van der Waals surface area (Å²) in [6.45, 7) is 1.92. The molecule has 0 heterocycles. The van der Waals surface area contributed by atoms with Crippen molar-refractivity contribution in [2.75, 3.05) is 14.2 Å². The van der Waals surface area contributed by atoms with Crippen LogP contribution < -0.4 is 0 Å². The zero-order valence-corrected chi connectivity index (χ0v) is 7.44. The third-order valence-electron chi connectivity index (χ3n) is 0.972. The lowest BCUT2D eigenvalue weighted by atomic mass is 10.3. The van der Waals surface area contributed by atoms with E-state index in [1.165, 1.54) is 0 Å². The molecule has 0 saturated heterocycles. The molecule has 0 N–H and O–H groups in total. The van der Waals surface area contributed by atoms with Gasteiger partial charge in [0.15, 0.2) is 6.29 Å². The maximum Gasteiger partial charge on any atom is 0.179 e. The van der Waals surface area contributed by atoms with Gasteiger partial charge < -0.3 is 9.47 Å². The first kappa shape index (κ1) is 9.14. The third-order valence-corrected chi connectivity index (χ3v) is 1.69. The summed E-state index contributed by atoms with van der Waals surface area (Å²) in [5.74, 6) is 0. The first-order valence-corrected chi connectivity index (χ1v) is 3.50. The van der Waals surface area contributed by atoms with Gasteiger partial charge in [0, 0.05) is 14.2 Å². The van der Waals surface area contributed by atoms with Gasteiger partial charge >= 0.3 is 0 Å². The minimum Gasteiger partial charge on any atom is -0.352 e. The lowest BCUT2D eigenvalue weighted by Gasteiger charge is -2.12. The number of methoxy groups -OCH3 is 2. The van der Waals surface area contributed by atoms with E-state index < -0.39 is 0 Å². The second kappa shape index (κ2) is 4.97. The minimum atomic E-state index is -0.218. The fraction of sp³-hybridized carbons (Fsp3) is 0.667. The van der Waals surface area contributed by atoms with Gasteiger partial charge in [0.05, 0.1) is 0 Å². The van der Waals surface area contributed by atoms with Crippen molar-refractivity contribution in [2.24, 2.45) is 0 Å². The molecule has 0 fully saturated rings. The predicted molar refractivity (Wildman–Crippen MR) is 40.5 cm³/mol. The third kappa shape index (κ3) is 2.98. The van der Waals surface area contributed by atoms with Gasteiger partial charge in [-0.25, -0.2) is 0 Å². The van der Waals surface area contributed by atoms with Crippen LogP contribution in [0.1, 0.15) is 6.92 Å². The summed E-state index contributed by atoms with van der Waals surface area (Å²) in [6.07, 6.45) is -0.218. The number of hydrogen-bond acceptors (Lipinski definition) is 2. The molecule has 9 heavy (non-hydrogen) atoms. The zero-order valence-electron chi connectivity index (χ0n) is 5.85. The highest BCUT2D eigenvalue weighted by Crippen LogP contribution is 2.07. The molecule has 2 nitrogen and oxygen atoms in total. The Morgan fingerprint density at radius 1 is 1.44 bits per heavy atom. The van der Waals surface area contributed by atoms with Crippen molar-refractivity contribution >= 4 is 15.9 Å². The Morgan fingerprint density at radius 3 is 2.00 bits per heavy atom. The molecule has 3 heteroatoms. The van der Waals surface area contributed by atoms with Crippen molar-refractivity contribution in [1.29, 1.82) is 0 Å². The molecule has 0 rings (SSSR count). The van der Waals surface area contributed by atoms with Gasteiger partial charge in [0.2, 0.25) is 0 Å². The minimum absolute atomic E-state index is 0.218. The highest BCUT2D eigenvalue weighted by Gasteiger charge is 2.04. The summed E-state index contributed by atoms with van der Waals surface area (Å²) >= 11 is 3.17. The topological polar surface area (TPSA) is 18.5 Å². The van der Waals surface area contributed by atoms with E-state index in [1.54, 1.807) is 19.2 Å². The second-order valence-electron chi connectivity index (χ2n) is 1.66. The number of halogens is 1. The van der Waals surface area contributed by atoms with Crippen molar-refractivity contribution < 1.29 is 9.47 Å². The maximum atomic E-state index is 4.93. The summed E-state index contributed by atoms with van der Waals surface area (Å²) < 4.78 is 9.86. The maximum absolute atomic E-state index is 4.93. The van der Waals surface area contributed by atoms with Crippen molar-refractivity contribution in [1.82, 2.24) is 0 Å². The smallest absolute Gasteiger partial charge is 0.179 e. The predicted octanol–water partition coefficient (Wildman–Crippen LogP) is 1.90. The molecule has 0 aromatic rings. The molecule has 0 aromatic carbocycles. The van der Waals surface area contributed by atoms with Crippen LogP contribution in [0.25, 0.3) is 0 Å². The number of hydrogen-bond donors (Lipinski definition) is 0. The molecule has 54 valence electrons. The Balaban J connectivity index is 3.79. The molecule has 0 aliphatic rings. The second-order valence-corrected chi connectivity index (χ2v) is 2.11. The molecule has 0 unspecified atom stereocenters. The van der Waals surface area contributed by atoms with Gasteiger partial charge in [-0.3, -0.25) is 0 Å². The van der Waals surface area contributed by atoms with E-state index in [-0.39, 0.29) is 6.29 Å². The highest BCUT2D eigenvalue weighted by atomic mass is 79.9. The first-order valence-electron chi connectivity index (χ1n) is 2.58. The molecule has 0 aliphatic carbocycles. The average Bonchev–Trinajstić information content (AvgIpc) is 1.90. The van der Waals surface area contributed by atoms with Crippen molar-refractivity contribution in [3.05, 3.63) is 10.6 Å². The summed E-state index contributed by atoms with van der Waals surface area (Å²) in [5, 5.41) is 0. The average molecular weight is 195 g/mol.